The van der Waals surface area contributed by atoms with Crippen LogP contribution in [0.2, 0.25) is 0 Å². The summed E-state index contributed by atoms with van der Waals surface area (Å²) in [5.41, 5.74) is 9.13. The topological polar surface area (TPSA) is 87.9 Å². The zero-order valence-electron chi connectivity index (χ0n) is 18.8. The highest BCUT2D eigenvalue weighted by Crippen LogP contribution is 2.38. The maximum absolute atomic E-state index is 8.58. The summed E-state index contributed by atoms with van der Waals surface area (Å²) in [6.45, 7) is 8.05. The number of carbonyl (C=O) groups excluding carboxylic acids is 1. The highest BCUT2D eigenvalue weighted by atomic mass is 32.2. The number of primary amides is 1. The summed E-state index contributed by atoms with van der Waals surface area (Å²) < 4.78 is 0.353. The smallest absolute Gasteiger partial charge is 0.204 e. The lowest BCUT2D eigenvalue weighted by Gasteiger charge is -2.37. The number of rotatable bonds is 5. The predicted molar refractivity (Wildman–Crippen MR) is 131 cm³/mol. The van der Waals surface area contributed by atoms with Gasteiger partial charge in [-0.15, -0.1) is 0 Å². The molecule has 1 amide bonds. The Bertz CT molecular complexity index is 1040. The van der Waals surface area contributed by atoms with Crippen molar-refractivity contribution in [2.45, 2.75) is 43.9 Å². The van der Waals surface area contributed by atoms with Gasteiger partial charge in [-0.3, -0.25) is 14.8 Å². The maximum atomic E-state index is 8.58. The number of benzene rings is 2. The summed E-state index contributed by atoms with van der Waals surface area (Å²) in [5.74, 6) is 3.66. The monoisotopic (exact) mass is 449 g/mol. The van der Waals surface area contributed by atoms with Gasteiger partial charge >= 0.3 is 0 Å². The number of hydrogen-bond donors (Lipinski definition) is 2. The van der Waals surface area contributed by atoms with Gasteiger partial charge in [-0.25, -0.2) is 4.98 Å². The van der Waals surface area contributed by atoms with Crippen molar-refractivity contribution < 1.29 is 4.79 Å². The third-order valence-corrected chi connectivity index (χ3v) is 7.08. The van der Waals surface area contributed by atoms with Gasteiger partial charge in [0.25, 0.3) is 0 Å². The minimum atomic E-state index is 0.250. The number of nitrogens with two attached hydrogens (primary N) is 1. The van der Waals surface area contributed by atoms with Gasteiger partial charge in [0.05, 0.1) is 0 Å². The summed E-state index contributed by atoms with van der Waals surface area (Å²) in [4.78, 5) is 15.8. The van der Waals surface area contributed by atoms with Crippen molar-refractivity contribution in [2.24, 2.45) is 5.73 Å². The molecule has 6 nitrogen and oxygen atoms in total. The molecule has 1 aliphatic heterocycles. The van der Waals surface area contributed by atoms with Crippen LogP contribution in [0, 0.1) is 0 Å². The fourth-order valence-electron chi connectivity index (χ4n) is 4.11. The van der Waals surface area contributed by atoms with Crippen molar-refractivity contribution in [3.05, 3.63) is 59.9 Å². The highest BCUT2D eigenvalue weighted by Gasteiger charge is 2.28. The lowest BCUT2D eigenvalue weighted by molar-refractivity contribution is -0.106. The first-order valence-electron chi connectivity index (χ1n) is 11.1. The Hall–Kier alpha value is -2.64. The second-order valence-corrected chi connectivity index (χ2v) is 10.9. The van der Waals surface area contributed by atoms with E-state index in [2.05, 4.69) is 100.0 Å². The Kier molecular flexibility index (Phi) is 6.96. The predicted octanol–water partition coefficient (Wildman–Crippen LogP) is 4.45. The van der Waals surface area contributed by atoms with Crippen molar-refractivity contribution in [1.29, 1.82) is 0 Å². The lowest BCUT2D eigenvalue weighted by atomic mass is 10.0. The van der Waals surface area contributed by atoms with Gasteiger partial charge in [0.1, 0.15) is 5.82 Å². The van der Waals surface area contributed by atoms with Crippen LogP contribution in [-0.4, -0.2) is 50.1 Å². The average Bonchev–Trinajstić information content (AvgIpc) is 3.51. The van der Waals surface area contributed by atoms with Gasteiger partial charge in [-0.2, -0.15) is 16.9 Å². The van der Waals surface area contributed by atoms with Crippen molar-refractivity contribution in [3.8, 4) is 22.5 Å². The Morgan fingerprint density at radius 2 is 1.88 bits per heavy atom. The van der Waals surface area contributed by atoms with Crippen LogP contribution in [0.5, 0.6) is 0 Å². The van der Waals surface area contributed by atoms with Crippen LogP contribution in [0.25, 0.3) is 22.5 Å². The van der Waals surface area contributed by atoms with Crippen LogP contribution in [0.1, 0.15) is 44.0 Å². The molecule has 7 heteroatoms. The lowest BCUT2D eigenvalue weighted by Crippen LogP contribution is -2.42. The molecule has 0 spiro atoms. The number of H-pyrrole nitrogens is 1. The molecule has 3 N–H and O–H groups in total. The van der Waals surface area contributed by atoms with E-state index in [0.717, 1.165) is 30.3 Å². The quantitative estimate of drug-likeness (QED) is 0.562. The molecule has 0 unspecified atom stereocenters. The van der Waals surface area contributed by atoms with Gasteiger partial charge in [0.2, 0.25) is 6.41 Å². The van der Waals surface area contributed by atoms with Crippen LogP contribution < -0.4 is 5.73 Å². The van der Waals surface area contributed by atoms with Crippen LogP contribution >= 0.6 is 11.8 Å². The SMILES string of the molecule is CC1(C)CN(Cc2cccc(-c3ccc(-c4n[nH]c(C5CC5)n4)cc3)c2)CCS1.NC=O. The van der Waals surface area contributed by atoms with E-state index in [0.29, 0.717) is 10.7 Å². The van der Waals surface area contributed by atoms with Gasteiger partial charge in [0.15, 0.2) is 5.82 Å². The number of hydrogen-bond acceptors (Lipinski definition) is 5. The Labute approximate surface area is 194 Å². The molecule has 1 saturated carbocycles. The molecule has 0 radical (unpaired) electrons. The molecule has 32 heavy (non-hydrogen) atoms. The van der Waals surface area contributed by atoms with E-state index in [9.17, 15) is 0 Å². The molecule has 1 saturated heterocycles. The molecule has 168 valence electrons. The van der Waals surface area contributed by atoms with Crippen molar-refractivity contribution in [1.82, 2.24) is 20.1 Å². The third-order valence-electron chi connectivity index (χ3n) is 5.78. The molecule has 2 fully saturated rings. The first-order chi connectivity index (χ1) is 15.5. The standard InChI is InChI=1S/C24H28N4S.CH3NO/c1-24(2)16-28(12-13-29-24)15-17-4-3-5-21(14-17)18-6-8-19(9-7-18)22-25-23(27-26-22)20-10-11-20;2-1-3/h3-9,14,20H,10-13,15-16H2,1-2H3,(H,25,26,27);1H,(H2,2,3). The summed E-state index contributed by atoms with van der Waals surface area (Å²) >= 11 is 2.09. The first-order valence-corrected chi connectivity index (χ1v) is 12.1. The summed E-state index contributed by atoms with van der Waals surface area (Å²) in [5, 5.41) is 7.49. The second kappa shape index (κ2) is 9.88. The molecule has 0 atom stereocenters. The number of carbonyl (C=O) groups is 1. The van der Waals surface area contributed by atoms with Crippen LogP contribution in [0.4, 0.5) is 0 Å². The van der Waals surface area contributed by atoms with E-state index in [-0.39, 0.29) is 6.41 Å². The van der Waals surface area contributed by atoms with E-state index in [1.165, 1.54) is 41.8 Å². The van der Waals surface area contributed by atoms with E-state index in [1.54, 1.807) is 0 Å². The number of aromatic nitrogens is 3. The van der Waals surface area contributed by atoms with Crippen LogP contribution in [0.15, 0.2) is 48.5 Å². The molecule has 2 aliphatic rings. The molecule has 3 aromatic rings. The molecule has 2 heterocycles. The summed E-state index contributed by atoms with van der Waals surface area (Å²) in [6, 6.07) is 17.6. The Morgan fingerprint density at radius 1 is 1.16 bits per heavy atom. The Morgan fingerprint density at radius 3 is 2.56 bits per heavy atom. The molecular weight excluding hydrogens is 418 g/mol. The molecule has 1 aromatic heterocycles. The van der Waals surface area contributed by atoms with Gasteiger partial charge in [-0.1, -0.05) is 42.5 Å². The average molecular weight is 450 g/mol. The van der Waals surface area contributed by atoms with Crippen molar-refractivity contribution >= 4 is 18.2 Å². The van der Waals surface area contributed by atoms with E-state index in [1.807, 2.05) is 0 Å². The molecule has 2 aromatic carbocycles. The number of nitrogens with one attached hydrogen (secondary N) is 1. The minimum Gasteiger partial charge on any atom is -0.372 e. The maximum Gasteiger partial charge on any atom is 0.204 e. The fourth-order valence-corrected chi connectivity index (χ4v) is 5.29. The first kappa shape index (κ1) is 22.6. The Balaban J connectivity index is 0.000000775. The molecular formula is C25H31N5OS. The zero-order chi connectivity index (χ0) is 22.6. The number of aromatic amines is 1. The second-order valence-electron chi connectivity index (χ2n) is 9.05. The fraction of sp³-hybridized carbons (Fsp3) is 0.400. The largest absolute Gasteiger partial charge is 0.372 e. The molecule has 5 rings (SSSR count). The number of thioether (sulfide) groups is 1. The van der Waals surface area contributed by atoms with Crippen LogP contribution in [-0.2, 0) is 11.3 Å². The third kappa shape index (κ3) is 5.78. The number of amides is 1. The minimum absolute atomic E-state index is 0.250. The summed E-state index contributed by atoms with van der Waals surface area (Å²) in [7, 11) is 0. The van der Waals surface area contributed by atoms with E-state index < -0.39 is 0 Å². The van der Waals surface area contributed by atoms with Crippen LogP contribution in [0.3, 0.4) is 0 Å². The summed E-state index contributed by atoms with van der Waals surface area (Å²) in [6.07, 6.45) is 2.72. The molecule has 0 bridgehead atoms. The van der Waals surface area contributed by atoms with Gasteiger partial charge in [-0.05, 0) is 49.4 Å². The van der Waals surface area contributed by atoms with E-state index >= 15 is 0 Å². The van der Waals surface area contributed by atoms with E-state index in [4.69, 9.17) is 4.79 Å². The number of nitrogens with zero attached hydrogens (tertiary/aromatic N) is 3. The highest BCUT2D eigenvalue weighted by molar-refractivity contribution is 8.00. The van der Waals surface area contributed by atoms with Crippen molar-refractivity contribution in [2.75, 3.05) is 18.8 Å². The van der Waals surface area contributed by atoms with Crippen molar-refractivity contribution in [3.63, 3.8) is 0 Å². The molecule has 1 aliphatic carbocycles. The van der Waals surface area contributed by atoms with Gasteiger partial charge < -0.3 is 5.73 Å². The van der Waals surface area contributed by atoms with Gasteiger partial charge in [0, 0.05) is 41.6 Å². The zero-order valence-corrected chi connectivity index (χ0v) is 19.6. The normalized spacial score (nSPS) is 17.9.